The summed E-state index contributed by atoms with van der Waals surface area (Å²) in [4.78, 5) is 15.2. The molecule has 0 saturated carbocycles. The first kappa shape index (κ1) is 23.1. The summed E-state index contributed by atoms with van der Waals surface area (Å²) >= 11 is 0. The van der Waals surface area contributed by atoms with E-state index in [0.717, 1.165) is 27.5 Å². The molecule has 4 aromatic carbocycles. The summed E-state index contributed by atoms with van der Waals surface area (Å²) in [6.07, 6.45) is -1.33. The number of rotatable bonds is 6. The highest BCUT2D eigenvalue weighted by Gasteiger charge is 2.42. The van der Waals surface area contributed by atoms with Crippen molar-refractivity contribution in [2.45, 2.75) is 43.7 Å². The van der Waals surface area contributed by atoms with Crippen LogP contribution >= 0.6 is 0 Å². The number of carbonyl (C=O) groups is 1. The molecule has 4 aromatic rings. The second-order valence-electron chi connectivity index (χ2n) is 9.29. The molecular formula is C30H30N2O3. The van der Waals surface area contributed by atoms with Gasteiger partial charge in [0.2, 0.25) is 0 Å². The zero-order valence-corrected chi connectivity index (χ0v) is 19.5. The minimum Gasteiger partial charge on any atom is -0.388 e. The number of aliphatic hydroxyl groups is 2. The third kappa shape index (κ3) is 5.21. The fourth-order valence-electron chi connectivity index (χ4n) is 4.98. The number of urea groups is 1. The highest BCUT2D eigenvalue weighted by Crippen LogP contribution is 2.25. The molecule has 1 aliphatic rings. The fourth-order valence-corrected chi connectivity index (χ4v) is 4.98. The SMILES string of the molecule is O=C1N[C@H](Cc2ccccc2)[C@H](O)[C@@H](O)[C@@H](Cc2ccccc2)N1Cc1ccc2ccccc2c1. The number of hydrogen-bond donors (Lipinski definition) is 3. The molecule has 2 amide bonds. The van der Waals surface area contributed by atoms with Gasteiger partial charge in [-0.25, -0.2) is 4.79 Å². The second kappa shape index (κ2) is 10.3. The Kier molecular flexibility index (Phi) is 6.80. The summed E-state index contributed by atoms with van der Waals surface area (Å²) < 4.78 is 0. The van der Waals surface area contributed by atoms with Crippen molar-refractivity contribution in [3.05, 3.63) is 120 Å². The predicted octanol–water partition coefficient (Wildman–Crippen LogP) is 4.31. The topological polar surface area (TPSA) is 72.8 Å². The van der Waals surface area contributed by atoms with Crippen LogP contribution in [0.2, 0.25) is 0 Å². The van der Waals surface area contributed by atoms with E-state index in [2.05, 4.69) is 29.6 Å². The molecule has 178 valence electrons. The third-order valence-corrected chi connectivity index (χ3v) is 6.88. The lowest BCUT2D eigenvalue weighted by molar-refractivity contribution is -0.0306. The molecule has 3 N–H and O–H groups in total. The van der Waals surface area contributed by atoms with E-state index in [-0.39, 0.29) is 6.03 Å². The molecule has 1 aliphatic heterocycles. The van der Waals surface area contributed by atoms with Crippen LogP contribution in [0.5, 0.6) is 0 Å². The van der Waals surface area contributed by atoms with Crippen molar-refractivity contribution in [1.29, 1.82) is 0 Å². The van der Waals surface area contributed by atoms with E-state index in [4.69, 9.17) is 0 Å². The normalized spacial score (nSPS) is 22.6. The number of nitrogens with zero attached hydrogens (tertiary/aromatic N) is 1. The summed E-state index contributed by atoms with van der Waals surface area (Å²) in [6.45, 7) is 0.329. The minimum absolute atomic E-state index is 0.282. The van der Waals surface area contributed by atoms with Crippen LogP contribution in [0.15, 0.2) is 103 Å². The number of benzene rings is 4. The Morgan fingerprint density at radius 2 is 1.26 bits per heavy atom. The lowest BCUT2D eigenvalue weighted by Crippen LogP contribution is -2.50. The smallest absolute Gasteiger partial charge is 0.318 e. The van der Waals surface area contributed by atoms with Crippen LogP contribution in [0.4, 0.5) is 4.79 Å². The largest absolute Gasteiger partial charge is 0.388 e. The summed E-state index contributed by atoms with van der Waals surface area (Å²) in [5.74, 6) is 0. The molecule has 1 fully saturated rings. The average molecular weight is 467 g/mol. The van der Waals surface area contributed by atoms with Gasteiger partial charge in [0.05, 0.1) is 12.1 Å². The molecular weight excluding hydrogens is 436 g/mol. The summed E-state index contributed by atoms with van der Waals surface area (Å²) in [7, 11) is 0. The summed E-state index contributed by atoms with van der Waals surface area (Å²) in [5.41, 5.74) is 2.97. The Morgan fingerprint density at radius 1 is 0.657 bits per heavy atom. The van der Waals surface area contributed by atoms with Gasteiger partial charge in [0.25, 0.3) is 0 Å². The molecule has 0 radical (unpaired) electrons. The van der Waals surface area contributed by atoms with E-state index >= 15 is 0 Å². The standard InChI is InChI=1S/C30H30N2O3/c33-28-26(18-21-9-3-1-4-10-21)31-30(35)32(27(29(28)34)19-22-11-5-2-6-12-22)20-23-15-16-24-13-7-8-14-25(24)17-23/h1-17,26-29,33-34H,18-20H2,(H,31,35)/t26-,27-,28+,29+/m1/s1. The number of amides is 2. The summed E-state index contributed by atoms with van der Waals surface area (Å²) in [5, 5.41) is 27.8. The number of fused-ring (bicyclic) bond motifs is 1. The van der Waals surface area contributed by atoms with Gasteiger partial charge < -0.3 is 20.4 Å². The summed E-state index contributed by atoms with van der Waals surface area (Å²) in [6, 6.07) is 32.3. The van der Waals surface area contributed by atoms with Gasteiger partial charge in [-0.15, -0.1) is 0 Å². The van der Waals surface area contributed by atoms with Crippen molar-refractivity contribution in [3.63, 3.8) is 0 Å². The maximum absolute atomic E-state index is 13.6. The molecule has 35 heavy (non-hydrogen) atoms. The van der Waals surface area contributed by atoms with Crippen LogP contribution in [0.3, 0.4) is 0 Å². The molecule has 0 unspecified atom stereocenters. The highest BCUT2D eigenvalue weighted by molar-refractivity contribution is 5.83. The van der Waals surface area contributed by atoms with E-state index in [1.165, 1.54) is 0 Å². The molecule has 5 nitrogen and oxygen atoms in total. The second-order valence-corrected chi connectivity index (χ2v) is 9.29. The van der Waals surface area contributed by atoms with E-state index < -0.39 is 24.3 Å². The number of hydrogen-bond acceptors (Lipinski definition) is 3. The predicted molar refractivity (Wildman–Crippen MR) is 138 cm³/mol. The molecule has 4 atom stereocenters. The van der Waals surface area contributed by atoms with Gasteiger partial charge in [-0.1, -0.05) is 97.1 Å². The van der Waals surface area contributed by atoms with Crippen LogP contribution in [0.1, 0.15) is 16.7 Å². The van der Waals surface area contributed by atoms with Crippen LogP contribution in [-0.4, -0.2) is 45.4 Å². The Bertz CT molecular complexity index is 1280. The monoisotopic (exact) mass is 466 g/mol. The average Bonchev–Trinajstić information content (AvgIpc) is 2.97. The quantitative estimate of drug-likeness (QED) is 0.397. The van der Waals surface area contributed by atoms with Crippen molar-refractivity contribution in [2.75, 3.05) is 0 Å². The van der Waals surface area contributed by atoms with E-state index in [9.17, 15) is 15.0 Å². The first-order chi connectivity index (χ1) is 17.1. The number of aliphatic hydroxyl groups excluding tert-OH is 2. The van der Waals surface area contributed by atoms with Gasteiger partial charge >= 0.3 is 6.03 Å². The van der Waals surface area contributed by atoms with Crippen LogP contribution in [0.25, 0.3) is 10.8 Å². The maximum Gasteiger partial charge on any atom is 0.318 e. The molecule has 0 bridgehead atoms. The Labute approximate surface area is 205 Å². The first-order valence-electron chi connectivity index (χ1n) is 12.1. The molecule has 5 heteroatoms. The van der Waals surface area contributed by atoms with Gasteiger partial charge in [-0.05, 0) is 46.4 Å². The maximum atomic E-state index is 13.6. The van der Waals surface area contributed by atoms with Crippen molar-refractivity contribution in [3.8, 4) is 0 Å². The van der Waals surface area contributed by atoms with Gasteiger partial charge in [0, 0.05) is 6.54 Å². The van der Waals surface area contributed by atoms with E-state index in [0.29, 0.717) is 19.4 Å². The molecule has 0 aliphatic carbocycles. The Balaban J connectivity index is 1.47. The van der Waals surface area contributed by atoms with Crippen molar-refractivity contribution in [1.82, 2.24) is 10.2 Å². The zero-order valence-electron chi connectivity index (χ0n) is 19.5. The van der Waals surface area contributed by atoms with Gasteiger partial charge in [0.15, 0.2) is 0 Å². The molecule has 0 aromatic heterocycles. The van der Waals surface area contributed by atoms with E-state index in [1.54, 1.807) is 4.90 Å². The van der Waals surface area contributed by atoms with Crippen molar-refractivity contribution >= 4 is 16.8 Å². The lowest BCUT2D eigenvalue weighted by Gasteiger charge is -2.33. The van der Waals surface area contributed by atoms with Gasteiger partial charge in [0.1, 0.15) is 12.2 Å². The molecule has 1 heterocycles. The Hall–Kier alpha value is -3.67. The van der Waals surface area contributed by atoms with Gasteiger partial charge in [-0.2, -0.15) is 0 Å². The fraction of sp³-hybridized carbons (Fsp3) is 0.233. The number of carbonyl (C=O) groups excluding carboxylic acids is 1. The lowest BCUT2D eigenvalue weighted by atomic mass is 9.91. The van der Waals surface area contributed by atoms with E-state index in [1.807, 2.05) is 78.9 Å². The van der Waals surface area contributed by atoms with Crippen LogP contribution in [0, 0.1) is 0 Å². The van der Waals surface area contributed by atoms with Crippen molar-refractivity contribution < 1.29 is 15.0 Å². The molecule has 0 spiro atoms. The molecule has 1 saturated heterocycles. The van der Waals surface area contributed by atoms with Crippen molar-refractivity contribution in [2.24, 2.45) is 0 Å². The highest BCUT2D eigenvalue weighted by atomic mass is 16.3. The number of nitrogens with one attached hydrogen (secondary N) is 1. The zero-order chi connectivity index (χ0) is 24.2. The molecule has 5 rings (SSSR count). The Morgan fingerprint density at radius 3 is 1.94 bits per heavy atom. The minimum atomic E-state index is -1.11. The third-order valence-electron chi connectivity index (χ3n) is 6.88. The van der Waals surface area contributed by atoms with Crippen LogP contribution < -0.4 is 5.32 Å². The van der Waals surface area contributed by atoms with Crippen LogP contribution in [-0.2, 0) is 19.4 Å². The first-order valence-corrected chi connectivity index (χ1v) is 12.1. The van der Waals surface area contributed by atoms with Gasteiger partial charge in [-0.3, -0.25) is 0 Å².